The third-order valence-corrected chi connectivity index (χ3v) is 6.80. The van der Waals surface area contributed by atoms with Gasteiger partial charge in [-0.1, -0.05) is 6.42 Å². The summed E-state index contributed by atoms with van der Waals surface area (Å²) in [4.78, 5) is 20.9. The van der Waals surface area contributed by atoms with Crippen molar-refractivity contribution in [2.24, 2.45) is 5.92 Å². The summed E-state index contributed by atoms with van der Waals surface area (Å²) in [5.74, 6) is -3.45. The average molecular weight is 500 g/mol. The molecule has 190 valence electrons. The van der Waals surface area contributed by atoms with Crippen LogP contribution in [0.4, 0.5) is 32.2 Å². The van der Waals surface area contributed by atoms with Crippen LogP contribution in [0.5, 0.6) is 0 Å². The zero-order valence-electron chi connectivity index (χ0n) is 19.1. The van der Waals surface area contributed by atoms with Crippen LogP contribution in [0, 0.1) is 5.92 Å². The number of amides is 1. The fourth-order valence-corrected chi connectivity index (χ4v) is 4.45. The SMILES string of the molecule is CC(c1c(-c2cc(C(F)(F)F)cc(C3CCCNC3)n2)ccnc1NC(=O)C1CCC1)C(F)(F)F. The molecule has 2 aromatic rings. The van der Waals surface area contributed by atoms with E-state index in [9.17, 15) is 31.1 Å². The first-order chi connectivity index (χ1) is 16.4. The highest BCUT2D eigenvalue weighted by Gasteiger charge is 2.41. The van der Waals surface area contributed by atoms with Crippen LogP contribution in [0.15, 0.2) is 24.4 Å². The number of hydrogen-bond acceptors (Lipinski definition) is 4. The summed E-state index contributed by atoms with van der Waals surface area (Å²) in [5, 5.41) is 5.61. The number of nitrogens with one attached hydrogen (secondary N) is 2. The normalized spacial score (nSPS) is 20.3. The van der Waals surface area contributed by atoms with Crippen molar-refractivity contribution < 1.29 is 31.1 Å². The first-order valence-electron chi connectivity index (χ1n) is 11.6. The van der Waals surface area contributed by atoms with Crippen molar-refractivity contribution in [2.45, 2.75) is 63.2 Å². The second-order valence-electron chi connectivity index (χ2n) is 9.21. The zero-order valence-corrected chi connectivity index (χ0v) is 19.1. The Morgan fingerprint density at radius 3 is 2.43 bits per heavy atom. The maximum atomic E-state index is 13.9. The minimum atomic E-state index is -4.72. The lowest BCUT2D eigenvalue weighted by Crippen LogP contribution is -2.30. The molecule has 0 spiro atoms. The van der Waals surface area contributed by atoms with E-state index in [0.717, 1.165) is 38.4 Å². The smallest absolute Gasteiger partial charge is 0.316 e. The second kappa shape index (κ2) is 9.75. The summed E-state index contributed by atoms with van der Waals surface area (Å²) >= 11 is 0. The van der Waals surface area contributed by atoms with Crippen LogP contribution in [0.2, 0.25) is 0 Å². The largest absolute Gasteiger partial charge is 0.416 e. The molecule has 3 heterocycles. The Kier molecular flexibility index (Phi) is 7.08. The van der Waals surface area contributed by atoms with E-state index in [2.05, 4.69) is 20.6 Å². The van der Waals surface area contributed by atoms with Gasteiger partial charge >= 0.3 is 12.4 Å². The number of aromatic nitrogens is 2. The molecule has 2 aromatic heterocycles. The lowest BCUT2D eigenvalue weighted by Gasteiger charge is -2.27. The molecule has 2 N–H and O–H groups in total. The van der Waals surface area contributed by atoms with Gasteiger partial charge in [0.05, 0.1) is 17.2 Å². The van der Waals surface area contributed by atoms with E-state index in [0.29, 0.717) is 25.8 Å². The van der Waals surface area contributed by atoms with Crippen molar-refractivity contribution in [3.63, 3.8) is 0 Å². The number of alkyl halides is 6. The van der Waals surface area contributed by atoms with Gasteiger partial charge in [0.15, 0.2) is 0 Å². The predicted octanol–water partition coefficient (Wildman–Crippen LogP) is 6.03. The molecule has 0 radical (unpaired) electrons. The lowest BCUT2D eigenvalue weighted by atomic mass is 9.84. The van der Waals surface area contributed by atoms with Gasteiger partial charge in [0.1, 0.15) is 5.82 Å². The molecule has 2 atom stereocenters. The van der Waals surface area contributed by atoms with Gasteiger partial charge in [0.2, 0.25) is 5.91 Å². The minimum absolute atomic E-state index is 0.134. The monoisotopic (exact) mass is 500 g/mol. The van der Waals surface area contributed by atoms with Gasteiger partial charge < -0.3 is 10.6 Å². The molecule has 1 aliphatic heterocycles. The molecule has 2 fully saturated rings. The molecule has 4 rings (SSSR count). The molecule has 1 amide bonds. The number of rotatable bonds is 5. The van der Waals surface area contributed by atoms with Crippen molar-refractivity contribution in [3.05, 3.63) is 41.2 Å². The lowest BCUT2D eigenvalue weighted by molar-refractivity contribution is -0.146. The van der Waals surface area contributed by atoms with Gasteiger partial charge in [-0.05, 0) is 57.4 Å². The predicted molar refractivity (Wildman–Crippen MR) is 118 cm³/mol. The Balaban J connectivity index is 1.86. The number of carbonyl (C=O) groups excluding carboxylic acids is 1. The Hall–Kier alpha value is -2.69. The average Bonchev–Trinajstić information content (AvgIpc) is 2.76. The molecule has 2 aliphatic rings. The molecular formula is C24H26F6N4O. The summed E-state index contributed by atoms with van der Waals surface area (Å²) in [5.41, 5.74) is -1.57. The maximum absolute atomic E-state index is 13.9. The van der Waals surface area contributed by atoms with E-state index >= 15 is 0 Å². The van der Waals surface area contributed by atoms with E-state index in [-0.39, 0.29) is 34.6 Å². The summed E-state index contributed by atoms with van der Waals surface area (Å²) in [6.07, 6.45) is -4.77. The first kappa shape index (κ1) is 25.4. The summed E-state index contributed by atoms with van der Waals surface area (Å²) in [6, 6.07) is 2.95. The van der Waals surface area contributed by atoms with Gasteiger partial charge in [-0.15, -0.1) is 0 Å². The van der Waals surface area contributed by atoms with Crippen LogP contribution in [-0.4, -0.2) is 35.1 Å². The van der Waals surface area contributed by atoms with E-state index < -0.39 is 35.3 Å². The third kappa shape index (κ3) is 5.60. The number of anilines is 1. The summed E-state index contributed by atoms with van der Waals surface area (Å²) in [7, 11) is 0. The number of pyridine rings is 2. The molecule has 35 heavy (non-hydrogen) atoms. The Morgan fingerprint density at radius 1 is 1.11 bits per heavy atom. The second-order valence-corrected chi connectivity index (χ2v) is 9.21. The molecule has 2 unspecified atom stereocenters. The Morgan fingerprint density at radius 2 is 1.86 bits per heavy atom. The number of piperidine rings is 1. The van der Waals surface area contributed by atoms with Gasteiger partial charge in [-0.25, -0.2) is 4.98 Å². The van der Waals surface area contributed by atoms with Crippen molar-refractivity contribution in [1.29, 1.82) is 0 Å². The number of halogens is 6. The van der Waals surface area contributed by atoms with Crippen LogP contribution in [0.3, 0.4) is 0 Å². The van der Waals surface area contributed by atoms with Crippen LogP contribution < -0.4 is 10.6 Å². The number of nitrogens with zero attached hydrogens (tertiary/aromatic N) is 2. The molecule has 1 saturated heterocycles. The van der Waals surface area contributed by atoms with Crippen molar-refractivity contribution in [1.82, 2.24) is 15.3 Å². The Labute approximate surface area is 198 Å². The highest BCUT2D eigenvalue weighted by Crippen LogP contribution is 2.43. The van der Waals surface area contributed by atoms with E-state index in [4.69, 9.17) is 0 Å². The van der Waals surface area contributed by atoms with Gasteiger partial charge in [0.25, 0.3) is 0 Å². The van der Waals surface area contributed by atoms with Crippen LogP contribution in [0.1, 0.15) is 67.7 Å². The molecule has 0 bridgehead atoms. The fraction of sp³-hybridized carbons (Fsp3) is 0.542. The van der Waals surface area contributed by atoms with E-state index in [1.807, 2.05) is 0 Å². The van der Waals surface area contributed by atoms with Gasteiger partial charge in [-0.3, -0.25) is 9.78 Å². The minimum Gasteiger partial charge on any atom is -0.316 e. The Bertz CT molecular complexity index is 1070. The molecule has 5 nitrogen and oxygen atoms in total. The molecule has 1 saturated carbocycles. The van der Waals surface area contributed by atoms with E-state index in [1.54, 1.807) is 0 Å². The third-order valence-electron chi connectivity index (χ3n) is 6.80. The van der Waals surface area contributed by atoms with Gasteiger partial charge in [0, 0.05) is 41.4 Å². The highest BCUT2D eigenvalue weighted by atomic mass is 19.4. The van der Waals surface area contributed by atoms with Crippen LogP contribution in [0.25, 0.3) is 11.3 Å². The maximum Gasteiger partial charge on any atom is 0.416 e. The van der Waals surface area contributed by atoms with Crippen molar-refractivity contribution in [3.8, 4) is 11.3 Å². The standard InChI is InChI=1S/C24H26F6N4O/c1-13(23(25,26)27)20-17(7-9-32-21(20)34-22(35)14-4-2-5-14)19-11-16(24(28,29)30)10-18(33-19)15-6-3-8-31-12-15/h7,9-11,13-15,31H,2-6,8,12H2,1H3,(H,32,34,35). The molecule has 0 aromatic carbocycles. The molecular weight excluding hydrogens is 474 g/mol. The molecule has 1 aliphatic carbocycles. The molecule has 11 heteroatoms. The summed E-state index contributed by atoms with van der Waals surface area (Å²) in [6.45, 7) is 2.07. The topological polar surface area (TPSA) is 66.9 Å². The number of hydrogen-bond donors (Lipinski definition) is 2. The van der Waals surface area contributed by atoms with Crippen molar-refractivity contribution >= 4 is 11.7 Å². The van der Waals surface area contributed by atoms with Crippen LogP contribution >= 0.6 is 0 Å². The van der Waals surface area contributed by atoms with Crippen molar-refractivity contribution in [2.75, 3.05) is 18.4 Å². The number of carbonyl (C=O) groups is 1. The first-order valence-corrected chi connectivity index (χ1v) is 11.6. The van der Waals surface area contributed by atoms with Gasteiger partial charge in [-0.2, -0.15) is 26.3 Å². The highest BCUT2D eigenvalue weighted by molar-refractivity contribution is 5.94. The fourth-order valence-electron chi connectivity index (χ4n) is 4.45. The summed E-state index contributed by atoms with van der Waals surface area (Å²) < 4.78 is 82.9. The quantitative estimate of drug-likeness (QED) is 0.492. The zero-order chi connectivity index (χ0) is 25.4. The van der Waals surface area contributed by atoms with E-state index in [1.165, 1.54) is 12.3 Å². The van der Waals surface area contributed by atoms with Crippen LogP contribution in [-0.2, 0) is 11.0 Å².